The molecule has 0 aliphatic rings. The van der Waals surface area contributed by atoms with Crippen molar-refractivity contribution in [2.75, 3.05) is 5.32 Å². The molecule has 0 bridgehead atoms. The normalized spacial score (nSPS) is 10.9. The van der Waals surface area contributed by atoms with Gasteiger partial charge in [0.1, 0.15) is 22.9 Å². The molecule has 0 radical (unpaired) electrons. The van der Waals surface area contributed by atoms with Crippen LogP contribution in [0.3, 0.4) is 0 Å². The van der Waals surface area contributed by atoms with Crippen molar-refractivity contribution in [3.05, 3.63) is 92.1 Å². The highest BCUT2D eigenvalue weighted by molar-refractivity contribution is 6.32. The molecule has 0 unspecified atom stereocenters. The van der Waals surface area contributed by atoms with Crippen LogP contribution in [0.15, 0.2) is 57.7 Å². The third-order valence-corrected chi connectivity index (χ3v) is 5.62. The number of hydrogen-bond donors (Lipinski definition) is 1. The molecule has 0 aliphatic heterocycles. The van der Waals surface area contributed by atoms with Crippen molar-refractivity contribution in [2.24, 2.45) is 0 Å². The van der Waals surface area contributed by atoms with E-state index in [-0.39, 0.29) is 28.8 Å². The molecule has 0 saturated heterocycles. The highest BCUT2D eigenvalue weighted by atomic mass is 35.5. The van der Waals surface area contributed by atoms with Crippen LogP contribution in [0.2, 0.25) is 5.15 Å². The van der Waals surface area contributed by atoms with Gasteiger partial charge >= 0.3 is 11.6 Å². The van der Waals surface area contributed by atoms with Gasteiger partial charge in [-0.15, -0.1) is 0 Å². The Morgan fingerprint density at radius 3 is 2.56 bits per heavy atom. The number of hydrogen-bond acceptors (Lipinski definition) is 6. The van der Waals surface area contributed by atoms with E-state index >= 15 is 0 Å². The first-order chi connectivity index (χ1) is 16.2. The number of esters is 1. The van der Waals surface area contributed by atoms with E-state index in [1.165, 1.54) is 13.0 Å². The number of aromatic nitrogens is 2. The number of fused-ring (bicyclic) bond motifs is 1. The molecule has 2 aromatic heterocycles. The zero-order valence-corrected chi connectivity index (χ0v) is 19.6. The van der Waals surface area contributed by atoms with Gasteiger partial charge in [0.15, 0.2) is 0 Å². The van der Waals surface area contributed by atoms with Gasteiger partial charge < -0.3 is 14.5 Å². The van der Waals surface area contributed by atoms with Crippen molar-refractivity contribution in [3.8, 4) is 0 Å². The van der Waals surface area contributed by atoms with Crippen LogP contribution in [0.25, 0.3) is 11.0 Å². The summed E-state index contributed by atoms with van der Waals surface area (Å²) in [6.45, 7) is 5.31. The number of amides is 1. The SMILES string of the molecule is CC(=O)Nc1ccc2c(COC(=O)c3c(C)nn(Cc4ccc(C)cc4)c3Cl)cc(=O)oc2c1. The Kier molecular flexibility index (Phi) is 6.51. The number of halogens is 1. The van der Waals surface area contributed by atoms with Gasteiger partial charge in [-0.2, -0.15) is 5.10 Å². The quantitative estimate of drug-likeness (QED) is 0.319. The Morgan fingerprint density at radius 1 is 1.12 bits per heavy atom. The van der Waals surface area contributed by atoms with Gasteiger partial charge in [-0.25, -0.2) is 14.3 Å². The smallest absolute Gasteiger partial charge is 0.343 e. The fraction of sp³-hybridized carbons (Fsp3) is 0.200. The van der Waals surface area contributed by atoms with E-state index in [4.69, 9.17) is 20.8 Å². The molecule has 2 heterocycles. The summed E-state index contributed by atoms with van der Waals surface area (Å²) in [6.07, 6.45) is 0. The number of nitrogens with one attached hydrogen (secondary N) is 1. The summed E-state index contributed by atoms with van der Waals surface area (Å²) >= 11 is 6.47. The third-order valence-electron chi connectivity index (χ3n) is 5.23. The monoisotopic (exact) mass is 479 g/mol. The summed E-state index contributed by atoms with van der Waals surface area (Å²) in [7, 11) is 0. The van der Waals surface area contributed by atoms with Gasteiger partial charge in [0.2, 0.25) is 5.91 Å². The first kappa shape index (κ1) is 23.3. The fourth-order valence-corrected chi connectivity index (χ4v) is 3.91. The van der Waals surface area contributed by atoms with Crippen LogP contribution in [-0.2, 0) is 22.7 Å². The van der Waals surface area contributed by atoms with Crippen molar-refractivity contribution in [1.29, 1.82) is 0 Å². The van der Waals surface area contributed by atoms with Gasteiger partial charge in [0, 0.05) is 35.7 Å². The van der Waals surface area contributed by atoms with E-state index in [0.29, 0.717) is 28.9 Å². The molecule has 0 fully saturated rings. The minimum atomic E-state index is -0.645. The van der Waals surface area contributed by atoms with Crippen molar-refractivity contribution in [3.63, 3.8) is 0 Å². The van der Waals surface area contributed by atoms with Gasteiger partial charge in [0.25, 0.3) is 0 Å². The second-order valence-corrected chi connectivity index (χ2v) is 8.31. The molecule has 174 valence electrons. The van der Waals surface area contributed by atoms with E-state index in [9.17, 15) is 14.4 Å². The van der Waals surface area contributed by atoms with Gasteiger partial charge in [-0.3, -0.25) is 4.79 Å². The third kappa shape index (κ3) is 5.02. The average Bonchev–Trinajstić information content (AvgIpc) is 3.05. The van der Waals surface area contributed by atoms with E-state index in [1.54, 1.807) is 29.8 Å². The maximum atomic E-state index is 12.9. The maximum Gasteiger partial charge on any atom is 0.343 e. The van der Waals surface area contributed by atoms with Crippen LogP contribution in [0.4, 0.5) is 5.69 Å². The van der Waals surface area contributed by atoms with E-state index in [2.05, 4.69) is 10.4 Å². The van der Waals surface area contributed by atoms with Crippen LogP contribution in [0.1, 0.15) is 39.7 Å². The van der Waals surface area contributed by atoms with Crippen molar-refractivity contribution in [2.45, 2.75) is 33.9 Å². The molecular formula is C25H22ClN3O5. The molecule has 2 aromatic carbocycles. The number of aryl methyl sites for hydroxylation is 2. The first-order valence-electron chi connectivity index (χ1n) is 10.5. The topological polar surface area (TPSA) is 103 Å². The molecule has 34 heavy (non-hydrogen) atoms. The van der Waals surface area contributed by atoms with Gasteiger partial charge in [-0.1, -0.05) is 41.4 Å². The second-order valence-electron chi connectivity index (χ2n) is 7.95. The molecule has 0 aliphatic carbocycles. The fourth-order valence-electron chi connectivity index (χ4n) is 3.60. The lowest BCUT2D eigenvalue weighted by atomic mass is 10.1. The van der Waals surface area contributed by atoms with E-state index in [0.717, 1.165) is 11.1 Å². The average molecular weight is 480 g/mol. The number of anilines is 1. The second kappa shape index (κ2) is 9.52. The zero-order valence-electron chi connectivity index (χ0n) is 18.8. The molecule has 0 atom stereocenters. The van der Waals surface area contributed by atoms with Crippen molar-refractivity contribution in [1.82, 2.24) is 9.78 Å². The molecule has 1 amide bonds. The number of ether oxygens (including phenoxy) is 1. The molecule has 4 aromatic rings. The number of carbonyl (C=O) groups excluding carboxylic acids is 2. The highest BCUT2D eigenvalue weighted by Crippen LogP contribution is 2.25. The lowest BCUT2D eigenvalue weighted by Crippen LogP contribution is -2.10. The Balaban J connectivity index is 1.55. The number of carbonyl (C=O) groups is 2. The predicted octanol–water partition coefficient (Wildman–Crippen LogP) is 4.62. The Labute approximate surface area is 200 Å². The summed E-state index contributed by atoms with van der Waals surface area (Å²) in [5.74, 6) is -0.893. The molecule has 0 saturated carbocycles. The summed E-state index contributed by atoms with van der Waals surface area (Å²) in [5.41, 5.74) is 3.38. The zero-order chi connectivity index (χ0) is 24.4. The number of benzene rings is 2. The number of nitrogens with zero attached hydrogens (tertiary/aromatic N) is 2. The molecule has 1 N–H and O–H groups in total. The van der Waals surface area contributed by atoms with Crippen LogP contribution in [0, 0.1) is 13.8 Å². The molecule has 4 rings (SSSR count). The molecule has 0 spiro atoms. The van der Waals surface area contributed by atoms with Gasteiger partial charge in [-0.05, 0) is 31.5 Å². The summed E-state index contributed by atoms with van der Waals surface area (Å²) in [5, 5.41) is 7.78. The van der Waals surface area contributed by atoms with Crippen LogP contribution < -0.4 is 10.9 Å². The summed E-state index contributed by atoms with van der Waals surface area (Å²) in [6, 6.07) is 14.1. The number of rotatable bonds is 6. The van der Waals surface area contributed by atoms with E-state index < -0.39 is 11.6 Å². The lowest BCUT2D eigenvalue weighted by molar-refractivity contribution is -0.114. The largest absolute Gasteiger partial charge is 0.457 e. The summed E-state index contributed by atoms with van der Waals surface area (Å²) in [4.78, 5) is 36.2. The molecule has 9 heteroatoms. The van der Waals surface area contributed by atoms with Crippen molar-refractivity contribution >= 4 is 40.1 Å². The van der Waals surface area contributed by atoms with E-state index in [1.807, 2.05) is 31.2 Å². The lowest BCUT2D eigenvalue weighted by Gasteiger charge is -2.09. The minimum Gasteiger partial charge on any atom is -0.457 e. The van der Waals surface area contributed by atoms with Crippen LogP contribution >= 0.6 is 11.6 Å². The van der Waals surface area contributed by atoms with Crippen molar-refractivity contribution < 1.29 is 18.7 Å². The molecule has 8 nitrogen and oxygen atoms in total. The minimum absolute atomic E-state index is 0.167. The summed E-state index contributed by atoms with van der Waals surface area (Å²) < 4.78 is 12.3. The predicted molar refractivity (Wildman–Crippen MR) is 128 cm³/mol. The Morgan fingerprint density at radius 2 is 1.85 bits per heavy atom. The molecular weight excluding hydrogens is 458 g/mol. The standard InChI is InChI=1S/C25H22ClN3O5/c1-14-4-6-17(7-5-14)12-29-24(26)23(15(2)28-29)25(32)33-13-18-10-22(31)34-21-11-19(27-16(3)30)8-9-20(18)21/h4-11H,12-13H2,1-3H3,(H,27,30). The maximum absolute atomic E-state index is 12.9. The van der Waals surface area contributed by atoms with Gasteiger partial charge in [0.05, 0.1) is 12.2 Å². The Bertz CT molecular complexity index is 1450. The first-order valence-corrected chi connectivity index (χ1v) is 10.9. The van der Waals surface area contributed by atoms with Crippen LogP contribution in [0.5, 0.6) is 0 Å². The highest BCUT2D eigenvalue weighted by Gasteiger charge is 2.22. The van der Waals surface area contributed by atoms with Crippen LogP contribution in [-0.4, -0.2) is 21.7 Å². The Hall–Kier alpha value is -3.91.